The van der Waals surface area contributed by atoms with Gasteiger partial charge < -0.3 is 9.84 Å². The van der Waals surface area contributed by atoms with Crippen molar-refractivity contribution < 1.29 is 4.52 Å². The lowest BCUT2D eigenvalue weighted by Gasteiger charge is -2.07. The van der Waals surface area contributed by atoms with Crippen molar-refractivity contribution >= 4 is 10.9 Å². The Labute approximate surface area is 123 Å². The molecule has 3 aromatic rings. The van der Waals surface area contributed by atoms with Crippen LogP contribution in [0.2, 0.25) is 0 Å². The topological polar surface area (TPSA) is 63.8 Å². The fraction of sp³-hybridized carbons (Fsp3) is 0.312. The molecule has 0 spiro atoms. The number of nitrogens with zero attached hydrogens (tertiary/aromatic N) is 3. The third-order valence-corrected chi connectivity index (χ3v) is 3.51. The molecule has 1 N–H and O–H groups in total. The Morgan fingerprint density at radius 1 is 1.14 bits per heavy atom. The highest BCUT2D eigenvalue weighted by Crippen LogP contribution is 2.18. The number of hydrogen-bond donors (Lipinski definition) is 1. The molecule has 108 valence electrons. The van der Waals surface area contributed by atoms with Crippen molar-refractivity contribution in [1.29, 1.82) is 0 Å². The van der Waals surface area contributed by atoms with Gasteiger partial charge in [0.25, 0.3) is 0 Å². The van der Waals surface area contributed by atoms with Gasteiger partial charge in [-0.15, -0.1) is 0 Å². The average Bonchev–Trinajstić information content (AvgIpc) is 3.01. The largest absolute Gasteiger partial charge is 0.337 e. The first-order valence-corrected chi connectivity index (χ1v) is 7.18. The standard InChI is InChI=1S/C16H18N4O/c1-3-11(2)17-10-15-19-16(20-21-15)14-9-8-12-6-4-5-7-13(12)18-14/h4-9,11,17H,3,10H2,1-2H3. The maximum Gasteiger partial charge on any atom is 0.240 e. The van der Waals surface area contributed by atoms with Crippen molar-refractivity contribution in [3.8, 4) is 11.5 Å². The maximum absolute atomic E-state index is 5.26. The highest BCUT2D eigenvalue weighted by Gasteiger charge is 2.11. The molecular formula is C16H18N4O. The molecule has 0 amide bonds. The number of rotatable bonds is 5. The van der Waals surface area contributed by atoms with E-state index < -0.39 is 0 Å². The smallest absolute Gasteiger partial charge is 0.240 e. The van der Waals surface area contributed by atoms with Crippen LogP contribution >= 0.6 is 0 Å². The van der Waals surface area contributed by atoms with Crippen molar-refractivity contribution in [2.45, 2.75) is 32.9 Å². The molecule has 2 aromatic heterocycles. The number of para-hydroxylation sites is 1. The third-order valence-electron chi connectivity index (χ3n) is 3.51. The molecule has 1 unspecified atom stereocenters. The molecule has 5 heteroatoms. The number of hydrogen-bond acceptors (Lipinski definition) is 5. The van der Waals surface area contributed by atoms with Gasteiger partial charge in [0.05, 0.1) is 12.1 Å². The van der Waals surface area contributed by atoms with Crippen LogP contribution in [0, 0.1) is 0 Å². The first-order chi connectivity index (χ1) is 10.3. The van der Waals surface area contributed by atoms with E-state index in [9.17, 15) is 0 Å². The molecule has 0 aliphatic carbocycles. The van der Waals surface area contributed by atoms with Gasteiger partial charge in [-0.1, -0.05) is 36.3 Å². The monoisotopic (exact) mass is 282 g/mol. The zero-order chi connectivity index (χ0) is 14.7. The lowest BCUT2D eigenvalue weighted by Crippen LogP contribution is -2.24. The van der Waals surface area contributed by atoms with Gasteiger partial charge >= 0.3 is 0 Å². The van der Waals surface area contributed by atoms with Crippen molar-refractivity contribution in [3.63, 3.8) is 0 Å². The van der Waals surface area contributed by atoms with Gasteiger partial charge in [-0.05, 0) is 25.5 Å². The lowest BCUT2D eigenvalue weighted by molar-refractivity contribution is 0.358. The van der Waals surface area contributed by atoms with Crippen molar-refractivity contribution in [3.05, 3.63) is 42.3 Å². The maximum atomic E-state index is 5.26. The second kappa shape index (κ2) is 6.01. The average molecular weight is 282 g/mol. The zero-order valence-electron chi connectivity index (χ0n) is 12.2. The van der Waals surface area contributed by atoms with Gasteiger partial charge in [-0.25, -0.2) is 4.98 Å². The predicted molar refractivity (Wildman–Crippen MR) is 81.6 cm³/mol. The molecule has 0 aliphatic rings. The van der Waals surface area contributed by atoms with E-state index in [1.165, 1.54) is 0 Å². The van der Waals surface area contributed by atoms with E-state index in [-0.39, 0.29) is 0 Å². The molecule has 5 nitrogen and oxygen atoms in total. The summed E-state index contributed by atoms with van der Waals surface area (Å²) in [6.45, 7) is 4.84. The second-order valence-corrected chi connectivity index (χ2v) is 5.09. The minimum atomic E-state index is 0.430. The van der Waals surface area contributed by atoms with Gasteiger partial charge in [0.1, 0.15) is 5.69 Å². The molecule has 2 heterocycles. The highest BCUT2D eigenvalue weighted by atomic mass is 16.5. The van der Waals surface area contributed by atoms with E-state index in [2.05, 4.69) is 34.3 Å². The van der Waals surface area contributed by atoms with Crippen molar-refractivity contribution in [2.24, 2.45) is 0 Å². The minimum absolute atomic E-state index is 0.430. The Kier molecular flexibility index (Phi) is 3.92. The number of pyridine rings is 1. The molecule has 0 aliphatic heterocycles. The summed E-state index contributed by atoms with van der Waals surface area (Å²) in [5, 5.41) is 8.44. The Morgan fingerprint density at radius 3 is 2.86 bits per heavy atom. The molecule has 0 radical (unpaired) electrons. The van der Waals surface area contributed by atoms with Crippen LogP contribution in [-0.4, -0.2) is 21.2 Å². The normalized spacial score (nSPS) is 12.7. The molecule has 0 saturated heterocycles. The SMILES string of the molecule is CCC(C)NCc1nc(-c2ccc3ccccc3n2)no1. The van der Waals surface area contributed by atoms with E-state index in [1.807, 2.05) is 36.4 Å². The van der Waals surface area contributed by atoms with Crippen LogP contribution in [0.25, 0.3) is 22.4 Å². The zero-order valence-corrected chi connectivity index (χ0v) is 12.2. The van der Waals surface area contributed by atoms with Crippen LogP contribution in [0.5, 0.6) is 0 Å². The molecule has 21 heavy (non-hydrogen) atoms. The minimum Gasteiger partial charge on any atom is -0.337 e. The van der Waals surface area contributed by atoms with E-state index in [0.29, 0.717) is 24.3 Å². The second-order valence-electron chi connectivity index (χ2n) is 5.09. The van der Waals surface area contributed by atoms with Crippen molar-refractivity contribution in [1.82, 2.24) is 20.4 Å². The predicted octanol–water partition coefficient (Wildman–Crippen LogP) is 3.17. The molecular weight excluding hydrogens is 264 g/mol. The first-order valence-electron chi connectivity index (χ1n) is 7.18. The summed E-state index contributed by atoms with van der Waals surface area (Å²) >= 11 is 0. The fourth-order valence-corrected chi connectivity index (χ4v) is 2.03. The van der Waals surface area contributed by atoms with Crippen LogP contribution in [-0.2, 0) is 6.54 Å². The fourth-order valence-electron chi connectivity index (χ4n) is 2.03. The number of benzene rings is 1. The lowest BCUT2D eigenvalue weighted by atomic mass is 10.2. The number of fused-ring (bicyclic) bond motifs is 1. The van der Waals surface area contributed by atoms with E-state index in [1.54, 1.807) is 0 Å². The van der Waals surface area contributed by atoms with Crippen LogP contribution < -0.4 is 5.32 Å². The van der Waals surface area contributed by atoms with Crippen LogP contribution in [0.15, 0.2) is 40.9 Å². The summed E-state index contributed by atoms with van der Waals surface area (Å²) in [5.74, 6) is 1.11. The number of aromatic nitrogens is 3. The van der Waals surface area contributed by atoms with Gasteiger partial charge in [0.15, 0.2) is 0 Å². The molecule has 0 bridgehead atoms. The molecule has 1 aromatic carbocycles. The summed E-state index contributed by atoms with van der Waals surface area (Å²) in [4.78, 5) is 8.96. The molecule has 3 rings (SSSR count). The summed E-state index contributed by atoms with van der Waals surface area (Å²) < 4.78 is 5.26. The summed E-state index contributed by atoms with van der Waals surface area (Å²) in [6, 6.07) is 12.3. The molecule has 1 atom stereocenters. The Balaban J connectivity index is 1.81. The van der Waals surface area contributed by atoms with Crippen molar-refractivity contribution in [2.75, 3.05) is 0 Å². The summed E-state index contributed by atoms with van der Waals surface area (Å²) in [7, 11) is 0. The van der Waals surface area contributed by atoms with E-state index >= 15 is 0 Å². The van der Waals surface area contributed by atoms with Crippen LogP contribution in [0.3, 0.4) is 0 Å². The van der Waals surface area contributed by atoms with Gasteiger partial charge in [0, 0.05) is 11.4 Å². The Hall–Kier alpha value is -2.27. The number of nitrogens with one attached hydrogen (secondary N) is 1. The van der Waals surface area contributed by atoms with Gasteiger partial charge in [-0.2, -0.15) is 4.98 Å². The summed E-state index contributed by atoms with van der Waals surface area (Å²) in [6.07, 6.45) is 1.06. The Morgan fingerprint density at radius 2 is 2.00 bits per heavy atom. The molecule has 0 fully saturated rings. The van der Waals surface area contributed by atoms with Crippen LogP contribution in [0.1, 0.15) is 26.2 Å². The Bertz CT molecular complexity index is 738. The van der Waals surface area contributed by atoms with Gasteiger partial charge in [0.2, 0.25) is 11.7 Å². The van der Waals surface area contributed by atoms with Gasteiger partial charge in [-0.3, -0.25) is 0 Å². The van der Waals surface area contributed by atoms with E-state index in [0.717, 1.165) is 23.0 Å². The van der Waals surface area contributed by atoms with Crippen LogP contribution in [0.4, 0.5) is 0 Å². The van der Waals surface area contributed by atoms with E-state index in [4.69, 9.17) is 4.52 Å². The summed E-state index contributed by atoms with van der Waals surface area (Å²) in [5.41, 5.74) is 1.66. The quantitative estimate of drug-likeness (QED) is 0.778. The third kappa shape index (κ3) is 3.08. The highest BCUT2D eigenvalue weighted by molar-refractivity contribution is 5.80. The molecule has 0 saturated carbocycles. The first kappa shape index (κ1) is 13.7.